The Kier molecular flexibility index (Phi) is 5.48. The van der Waals surface area contributed by atoms with Crippen LogP contribution in [-0.4, -0.2) is 18.9 Å². The first kappa shape index (κ1) is 19.2. The highest BCUT2D eigenvalue weighted by molar-refractivity contribution is 5.67. The van der Waals surface area contributed by atoms with Crippen LogP contribution in [0.2, 0.25) is 0 Å². The van der Waals surface area contributed by atoms with E-state index in [9.17, 15) is 31.1 Å². The van der Waals surface area contributed by atoms with E-state index in [-0.39, 0.29) is 11.5 Å². The lowest BCUT2D eigenvalue weighted by molar-refractivity contribution is -0.275. The van der Waals surface area contributed by atoms with E-state index >= 15 is 0 Å². The molecule has 0 spiro atoms. The van der Waals surface area contributed by atoms with Crippen molar-refractivity contribution < 1.29 is 50.1 Å². The predicted molar refractivity (Wildman–Crippen MR) is 72.9 cm³/mol. The van der Waals surface area contributed by atoms with E-state index in [1.165, 1.54) is 0 Å². The number of carbonyl (C=O) groups excluding carboxylic acids is 1. The molecule has 0 saturated carbocycles. The highest BCUT2D eigenvalue weighted by Gasteiger charge is 2.31. The lowest BCUT2D eigenvalue weighted by atomic mass is 10.3. The zero-order valence-corrected chi connectivity index (χ0v) is 12.4. The Morgan fingerprint density at radius 3 is 1.12 bits per heavy atom. The number of benzene rings is 2. The van der Waals surface area contributed by atoms with Crippen molar-refractivity contribution in [1.82, 2.24) is 0 Å². The Morgan fingerprint density at radius 1 is 0.577 bits per heavy atom. The molecule has 140 valence electrons. The molecular formula is C15H8F6O5. The van der Waals surface area contributed by atoms with Crippen LogP contribution >= 0.6 is 0 Å². The van der Waals surface area contributed by atoms with Crippen molar-refractivity contribution in [2.75, 3.05) is 0 Å². The summed E-state index contributed by atoms with van der Waals surface area (Å²) in [5.74, 6) is -1.31. The standard InChI is InChI=1S/C15H8F6O5/c16-14(17,18)25-11-5-1-9(2-6-11)23-13(22)24-10-3-7-12(8-4-10)26-15(19,20)21/h1-8H. The molecule has 0 N–H and O–H groups in total. The number of carbonyl (C=O) groups is 1. The van der Waals surface area contributed by atoms with Gasteiger partial charge in [-0.1, -0.05) is 0 Å². The van der Waals surface area contributed by atoms with Crippen LogP contribution in [0.4, 0.5) is 31.1 Å². The molecule has 0 heterocycles. The summed E-state index contributed by atoms with van der Waals surface area (Å²) in [5, 5.41) is 0. The maximum absolute atomic E-state index is 12.0. The van der Waals surface area contributed by atoms with Gasteiger partial charge in [-0.3, -0.25) is 0 Å². The molecule has 0 atom stereocenters. The van der Waals surface area contributed by atoms with Crippen molar-refractivity contribution in [3.8, 4) is 23.0 Å². The van der Waals surface area contributed by atoms with Crippen molar-refractivity contribution >= 4 is 6.16 Å². The zero-order chi connectivity index (χ0) is 19.4. The smallest absolute Gasteiger partial charge is 0.406 e. The summed E-state index contributed by atoms with van der Waals surface area (Å²) in [4.78, 5) is 11.5. The number of halogens is 6. The fourth-order valence-electron chi connectivity index (χ4n) is 1.63. The summed E-state index contributed by atoms with van der Waals surface area (Å²) >= 11 is 0. The predicted octanol–water partition coefficient (Wildman–Crippen LogP) is 5.06. The molecule has 0 aromatic heterocycles. The summed E-state index contributed by atoms with van der Waals surface area (Å²) in [7, 11) is 0. The number of alkyl halides is 6. The van der Waals surface area contributed by atoms with Gasteiger partial charge < -0.3 is 18.9 Å². The van der Waals surface area contributed by atoms with Crippen molar-refractivity contribution in [1.29, 1.82) is 0 Å². The van der Waals surface area contributed by atoms with Crippen molar-refractivity contribution in [3.05, 3.63) is 48.5 Å². The fraction of sp³-hybridized carbons (Fsp3) is 0.133. The van der Waals surface area contributed by atoms with Crippen molar-refractivity contribution in [2.24, 2.45) is 0 Å². The second kappa shape index (κ2) is 7.42. The SMILES string of the molecule is O=C(Oc1ccc(OC(F)(F)F)cc1)Oc1ccc(OC(F)(F)F)cc1. The topological polar surface area (TPSA) is 54.0 Å². The molecule has 0 fully saturated rings. The quantitative estimate of drug-likeness (QED) is 0.420. The number of rotatable bonds is 4. The summed E-state index contributed by atoms with van der Waals surface area (Å²) in [6.07, 6.45) is -11.0. The van der Waals surface area contributed by atoms with Crippen LogP contribution in [0.3, 0.4) is 0 Å². The van der Waals surface area contributed by atoms with Crippen molar-refractivity contribution in [3.63, 3.8) is 0 Å². The van der Waals surface area contributed by atoms with Crippen LogP contribution < -0.4 is 18.9 Å². The molecule has 0 aliphatic carbocycles. The van der Waals surface area contributed by atoms with Crippen LogP contribution in [0.25, 0.3) is 0 Å². The zero-order valence-electron chi connectivity index (χ0n) is 12.4. The fourth-order valence-corrected chi connectivity index (χ4v) is 1.63. The van der Waals surface area contributed by atoms with Crippen LogP contribution in [-0.2, 0) is 0 Å². The molecule has 0 amide bonds. The minimum Gasteiger partial charge on any atom is -0.406 e. The van der Waals surface area contributed by atoms with Crippen LogP contribution in [0, 0.1) is 0 Å². The normalized spacial score (nSPS) is 11.6. The van der Waals surface area contributed by atoms with E-state index in [0.717, 1.165) is 48.5 Å². The van der Waals surface area contributed by atoms with E-state index in [0.29, 0.717) is 0 Å². The van der Waals surface area contributed by atoms with Gasteiger partial charge >= 0.3 is 18.9 Å². The molecular weight excluding hydrogens is 374 g/mol. The number of hydrogen-bond acceptors (Lipinski definition) is 5. The van der Waals surface area contributed by atoms with Gasteiger partial charge in [-0.25, -0.2) is 4.79 Å². The van der Waals surface area contributed by atoms with Crippen LogP contribution in [0.5, 0.6) is 23.0 Å². The van der Waals surface area contributed by atoms with Gasteiger partial charge in [0.05, 0.1) is 0 Å². The lowest BCUT2D eigenvalue weighted by Crippen LogP contribution is -2.17. The van der Waals surface area contributed by atoms with E-state index in [4.69, 9.17) is 9.47 Å². The molecule has 0 aliphatic heterocycles. The molecule has 26 heavy (non-hydrogen) atoms. The number of hydrogen-bond donors (Lipinski definition) is 0. The van der Waals surface area contributed by atoms with Gasteiger partial charge in [0.2, 0.25) is 0 Å². The first-order valence-electron chi connectivity index (χ1n) is 6.61. The highest BCUT2D eigenvalue weighted by Crippen LogP contribution is 2.26. The maximum Gasteiger partial charge on any atom is 0.573 e. The Labute approximate surface area is 141 Å². The molecule has 2 aromatic carbocycles. The van der Waals surface area contributed by atoms with Crippen molar-refractivity contribution in [2.45, 2.75) is 12.7 Å². The summed E-state index contributed by atoms with van der Waals surface area (Å²) in [6, 6.07) is 7.79. The molecule has 0 unspecified atom stereocenters. The summed E-state index contributed by atoms with van der Waals surface area (Å²) < 4.78 is 88.8. The Hall–Kier alpha value is -3.11. The molecule has 0 aliphatic rings. The highest BCUT2D eigenvalue weighted by atomic mass is 19.4. The van der Waals surface area contributed by atoms with E-state index in [1.807, 2.05) is 0 Å². The van der Waals surface area contributed by atoms with E-state index in [1.54, 1.807) is 0 Å². The largest absolute Gasteiger partial charge is 0.573 e. The molecule has 0 radical (unpaired) electrons. The second-order valence-electron chi connectivity index (χ2n) is 4.49. The average molecular weight is 382 g/mol. The molecule has 0 saturated heterocycles. The third-order valence-electron chi connectivity index (χ3n) is 2.52. The van der Waals surface area contributed by atoms with E-state index in [2.05, 4.69) is 9.47 Å². The van der Waals surface area contributed by atoms with Crippen LogP contribution in [0.15, 0.2) is 48.5 Å². The molecule has 0 bridgehead atoms. The Bertz CT molecular complexity index is 674. The molecule has 5 nitrogen and oxygen atoms in total. The third kappa shape index (κ3) is 6.79. The van der Waals surface area contributed by atoms with Gasteiger partial charge in [0.25, 0.3) is 0 Å². The first-order valence-corrected chi connectivity index (χ1v) is 6.61. The molecule has 2 aromatic rings. The van der Waals surface area contributed by atoms with Gasteiger partial charge in [0.15, 0.2) is 0 Å². The van der Waals surface area contributed by atoms with Gasteiger partial charge in [0, 0.05) is 0 Å². The first-order chi connectivity index (χ1) is 12.0. The van der Waals surface area contributed by atoms with Gasteiger partial charge in [-0.15, -0.1) is 26.3 Å². The Balaban J connectivity index is 1.90. The minimum atomic E-state index is -4.86. The second-order valence-corrected chi connectivity index (χ2v) is 4.49. The molecule has 2 rings (SSSR count). The average Bonchev–Trinajstić information content (AvgIpc) is 2.48. The van der Waals surface area contributed by atoms with E-state index < -0.39 is 30.4 Å². The lowest BCUT2D eigenvalue weighted by Gasteiger charge is -2.10. The Morgan fingerprint density at radius 2 is 0.846 bits per heavy atom. The maximum atomic E-state index is 12.0. The number of ether oxygens (including phenoxy) is 4. The van der Waals surface area contributed by atoms with Gasteiger partial charge in [-0.2, -0.15) is 0 Å². The van der Waals surface area contributed by atoms with Crippen LogP contribution in [0.1, 0.15) is 0 Å². The third-order valence-corrected chi connectivity index (χ3v) is 2.52. The van der Waals surface area contributed by atoms with Gasteiger partial charge in [-0.05, 0) is 48.5 Å². The van der Waals surface area contributed by atoms with Gasteiger partial charge in [0.1, 0.15) is 23.0 Å². The minimum absolute atomic E-state index is 0.137. The monoisotopic (exact) mass is 382 g/mol. The summed E-state index contributed by atoms with van der Waals surface area (Å²) in [6.45, 7) is 0. The summed E-state index contributed by atoms with van der Waals surface area (Å²) in [5.41, 5.74) is 0. The molecule has 11 heteroatoms.